The Balaban J connectivity index is 3.98. The summed E-state index contributed by atoms with van der Waals surface area (Å²) in [7, 11) is 0. The number of nitrogens with zero attached hydrogens (tertiary/aromatic N) is 1. The van der Waals surface area contributed by atoms with Crippen LogP contribution in [0.1, 0.15) is 13.3 Å². The summed E-state index contributed by atoms with van der Waals surface area (Å²) in [5.74, 6) is -0.353. The van der Waals surface area contributed by atoms with Gasteiger partial charge in [-0.3, -0.25) is 9.69 Å². The summed E-state index contributed by atoms with van der Waals surface area (Å²) in [6, 6.07) is 0. The van der Waals surface area contributed by atoms with Crippen LogP contribution < -0.4 is 5.73 Å². The summed E-state index contributed by atoms with van der Waals surface area (Å²) in [5, 5.41) is 0. The molecule has 0 aliphatic heterocycles. The Kier molecular flexibility index (Phi) is 7.28. The van der Waals surface area contributed by atoms with Crippen LogP contribution in [0.3, 0.4) is 0 Å². The number of carbonyl (C=O) groups excluding carboxylic acids is 1. The van der Waals surface area contributed by atoms with Crippen molar-refractivity contribution < 1.29 is 4.79 Å². The van der Waals surface area contributed by atoms with Crippen LogP contribution >= 0.6 is 0 Å². The molecule has 0 fully saturated rings. The van der Waals surface area contributed by atoms with Gasteiger partial charge in [0.15, 0.2) is 0 Å². The standard InChI is InChI=1S/C12H20N2O/c1-4-8-14(9-5-2)10-6-7-11(3)12(13)15/h4-5,7H,1-2,6,8-10H2,3H3,(H2,13,15). The van der Waals surface area contributed by atoms with Gasteiger partial charge in [0.25, 0.3) is 0 Å². The highest BCUT2D eigenvalue weighted by Gasteiger charge is 2.00. The van der Waals surface area contributed by atoms with Crippen LogP contribution in [0.4, 0.5) is 0 Å². The molecule has 1 amide bonds. The number of nitrogens with two attached hydrogens (primary N) is 1. The van der Waals surface area contributed by atoms with Crippen LogP contribution in [-0.4, -0.2) is 30.4 Å². The Hall–Kier alpha value is -1.35. The van der Waals surface area contributed by atoms with E-state index in [9.17, 15) is 4.79 Å². The van der Waals surface area contributed by atoms with E-state index in [0.717, 1.165) is 26.1 Å². The van der Waals surface area contributed by atoms with Crippen LogP contribution in [-0.2, 0) is 4.79 Å². The summed E-state index contributed by atoms with van der Waals surface area (Å²) in [6.07, 6.45) is 6.39. The van der Waals surface area contributed by atoms with Crippen LogP contribution in [0.2, 0.25) is 0 Å². The molecule has 0 aromatic heterocycles. The molecule has 0 spiro atoms. The van der Waals surface area contributed by atoms with Crippen LogP contribution in [0.25, 0.3) is 0 Å². The molecular formula is C12H20N2O. The van der Waals surface area contributed by atoms with Crippen LogP contribution in [0.15, 0.2) is 37.0 Å². The molecule has 0 aliphatic carbocycles. The van der Waals surface area contributed by atoms with E-state index in [4.69, 9.17) is 5.73 Å². The molecule has 0 bridgehead atoms. The SMILES string of the molecule is C=CCN(CC=C)CCC=C(C)C(N)=O. The Labute approximate surface area is 91.9 Å². The van der Waals surface area contributed by atoms with Crippen molar-refractivity contribution in [3.63, 3.8) is 0 Å². The van der Waals surface area contributed by atoms with Gasteiger partial charge in [0.1, 0.15) is 0 Å². The van der Waals surface area contributed by atoms with E-state index in [-0.39, 0.29) is 5.91 Å². The van der Waals surface area contributed by atoms with Crippen molar-refractivity contribution in [3.05, 3.63) is 37.0 Å². The van der Waals surface area contributed by atoms with E-state index in [1.807, 2.05) is 18.2 Å². The molecule has 15 heavy (non-hydrogen) atoms. The minimum atomic E-state index is -0.353. The first-order valence-electron chi connectivity index (χ1n) is 5.02. The number of amides is 1. The monoisotopic (exact) mass is 208 g/mol. The lowest BCUT2D eigenvalue weighted by Crippen LogP contribution is -2.24. The second-order valence-electron chi connectivity index (χ2n) is 3.38. The Morgan fingerprint density at radius 1 is 1.33 bits per heavy atom. The average molecular weight is 208 g/mol. The number of hydrogen-bond donors (Lipinski definition) is 1. The highest BCUT2D eigenvalue weighted by molar-refractivity contribution is 5.91. The highest BCUT2D eigenvalue weighted by atomic mass is 16.1. The molecule has 0 heterocycles. The second kappa shape index (κ2) is 8.00. The molecule has 2 N–H and O–H groups in total. The van der Waals surface area contributed by atoms with E-state index in [0.29, 0.717) is 5.57 Å². The molecule has 0 saturated carbocycles. The minimum Gasteiger partial charge on any atom is -0.366 e. The zero-order chi connectivity index (χ0) is 11.7. The first kappa shape index (κ1) is 13.7. The van der Waals surface area contributed by atoms with Crippen molar-refractivity contribution in [3.8, 4) is 0 Å². The van der Waals surface area contributed by atoms with E-state index in [1.165, 1.54) is 0 Å². The summed E-state index contributed by atoms with van der Waals surface area (Å²) in [6.45, 7) is 11.6. The number of hydrogen-bond acceptors (Lipinski definition) is 2. The first-order chi connectivity index (χ1) is 7.11. The lowest BCUT2D eigenvalue weighted by Gasteiger charge is -2.17. The zero-order valence-electron chi connectivity index (χ0n) is 9.41. The van der Waals surface area contributed by atoms with E-state index < -0.39 is 0 Å². The van der Waals surface area contributed by atoms with E-state index in [2.05, 4.69) is 18.1 Å². The van der Waals surface area contributed by atoms with Gasteiger partial charge in [-0.15, -0.1) is 13.2 Å². The minimum absolute atomic E-state index is 0.353. The van der Waals surface area contributed by atoms with Crippen molar-refractivity contribution in [2.75, 3.05) is 19.6 Å². The van der Waals surface area contributed by atoms with E-state index >= 15 is 0 Å². The van der Waals surface area contributed by atoms with Gasteiger partial charge < -0.3 is 5.73 Å². The topological polar surface area (TPSA) is 46.3 Å². The van der Waals surface area contributed by atoms with Crippen molar-refractivity contribution in [2.45, 2.75) is 13.3 Å². The van der Waals surface area contributed by atoms with Crippen molar-refractivity contribution >= 4 is 5.91 Å². The third kappa shape index (κ3) is 6.69. The van der Waals surface area contributed by atoms with Gasteiger partial charge >= 0.3 is 0 Å². The Morgan fingerprint density at radius 3 is 2.27 bits per heavy atom. The lowest BCUT2D eigenvalue weighted by atomic mass is 10.2. The molecule has 0 radical (unpaired) electrons. The number of primary amides is 1. The molecular weight excluding hydrogens is 188 g/mol. The summed E-state index contributed by atoms with van der Waals surface area (Å²) in [5.41, 5.74) is 5.73. The molecule has 0 aromatic carbocycles. The maximum absolute atomic E-state index is 10.7. The maximum atomic E-state index is 10.7. The molecule has 3 heteroatoms. The lowest BCUT2D eigenvalue weighted by molar-refractivity contribution is -0.114. The third-order valence-corrected chi connectivity index (χ3v) is 2.06. The van der Waals surface area contributed by atoms with Gasteiger partial charge in [-0.25, -0.2) is 0 Å². The predicted octanol–water partition coefficient (Wildman–Crippen LogP) is 1.48. The Morgan fingerprint density at radius 2 is 1.87 bits per heavy atom. The zero-order valence-corrected chi connectivity index (χ0v) is 9.41. The smallest absolute Gasteiger partial charge is 0.244 e. The van der Waals surface area contributed by atoms with Crippen LogP contribution in [0.5, 0.6) is 0 Å². The molecule has 0 aromatic rings. The van der Waals surface area contributed by atoms with Crippen molar-refractivity contribution in [1.82, 2.24) is 4.90 Å². The molecule has 0 saturated heterocycles. The molecule has 0 aliphatic rings. The van der Waals surface area contributed by atoms with Crippen molar-refractivity contribution in [1.29, 1.82) is 0 Å². The number of carbonyl (C=O) groups is 1. The predicted molar refractivity (Wildman–Crippen MR) is 64.4 cm³/mol. The number of rotatable bonds is 8. The normalized spacial score (nSPS) is 11.5. The van der Waals surface area contributed by atoms with Gasteiger partial charge in [-0.1, -0.05) is 18.2 Å². The summed E-state index contributed by atoms with van der Waals surface area (Å²) in [4.78, 5) is 12.9. The van der Waals surface area contributed by atoms with Gasteiger partial charge in [-0.2, -0.15) is 0 Å². The fourth-order valence-corrected chi connectivity index (χ4v) is 1.19. The summed E-state index contributed by atoms with van der Waals surface area (Å²) < 4.78 is 0. The highest BCUT2D eigenvalue weighted by Crippen LogP contribution is 1.98. The molecule has 84 valence electrons. The summed E-state index contributed by atoms with van der Waals surface area (Å²) >= 11 is 0. The van der Waals surface area contributed by atoms with Gasteiger partial charge in [0, 0.05) is 25.2 Å². The third-order valence-electron chi connectivity index (χ3n) is 2.06. The van der Waals surface area contributed by atoms with Crippen LogP contribution in [0, 0.1) is 0 Å². The molecule has 0 rings (SSSR count). The first-order valence-corrected chi connectivity index (χ1v) is 5.02. The van der Waals surface area contributed by atoms with Gasteiger partial charge in [0.05, 0.1) is 0 Å². The molecule has 0 atom stereocenters. The molecule has 0 unspecified atom stereocenters. The average Bonchev–Trinajstić information content (AvgIpc) is 2.18. The Bertz CT molecular complexity index is 246. The maximum Gasteiger partial charge on any atom is 0.244 e. The largest absolute Gasteiger partial charge is 0.366 e. The fraction of sp³-hybridized carbons (Fsp3) is 0.417. The van der Waals surface area contributed by atoms with Gasteiger partial charge in [0.2, 0.25) is 5.91 Å². The molecule has 3 nitrogen and oxygen atoms in total. The fourth-order valence-electron chi connectivity index (χ4n) is 1.19. The second-order valence-corrected chi connectivity index (χ2v) is 3.38. The van der Waals surface area contributed by atoms with Gasteiger partial charge in [-0.05, 0) is 13.3 Å². The quantitative estimate of drug-likeness (QED) is 0.485. The van der Waals surface area contributed by atoms with E-state index in [1.54, 1.807) is 6.92 Å². The van der Waals surface area contributed by atoms with Crippen molar-refractivity contribution in [2.24, 2.45) is 5.73 Å².